The van der Waals surface area contributed by atoms with Gasteiger partial charge in [-0.05, 0) is 41.0 Å². The number of carbonyl (C=O) groups excluding carboxylic acids is 1. The molecule has 0 saturated carbocycles. The summed E-state index contributed by atoms with van der Waals surface area (Å²) >= 11 is 6.11. The highest BCUT2D eigenvalue weighted by Gasteiger charge is 2.35. The SMILES string of the molecule is O=C(c1cccc2ccccc12)N(Cc1cccc(Cl)c1)C1CCS(=O)(=O)C1. The number of fused-ring (bicyclic) bond motifs is 1. The van der Waals surface area contributed by atoms with Crippen LogP contribution in [0.15, 0.2) is 66.7 Å². The summed E-state index contributed by atoms with van der Waals surface area (Å²) in [5, 5.41) is 2.44. The molecular weight excluding hydrogens is 394 g/mol. The van der Waals surface area contributed by atoms with Gasteiger partial charge in [-0.3, -0.25) is 4.79 Å². The van der Waals surface area contributed by atoms with Gasteiger partial charge in [0.05, 0.1) is 11.5 Å². The molecule has 3 aromatic rings. The molecule has 1 unspecified atom stereocenters. The summed E-state index contributed by atoms with van der Waals surface area (Å²) in [5.74, 6) is -0.0322. The van der Waals surface area contributed by atoms with E-state index in [1.165, 1.54) is 0 Å². The van der Waals surface area contributed by atoms with Crippen molar-refractivity contribution in [1.82, 2.24) is 4.90 Å². The fraction of sp³-hybridized carbons (Fsp3) is 0.227. The van der Waals surface area contributed by atoms with Crippen molar-refractivity contribution in [2.45, 2.75) is 19.0 Å². The lowest BCUT2D eigenvalue weighted by atomic mass is 10.0. The Morgan fingerprint density at radius 1 is 1.04 bits per heavy atom. The third-order valence-corrected chi connectivity index (χ3v) is 7.16. The van der Waals surface area contributed by atoms with Crippen LogP contribution in [0, 0.1) is 0 Å². The van der Waals surface area contributed by atoms with Gasteiger partial charge < -0.3 is 4.90 Å². The molecule has 1 atom stereocenters. The van der Waals surface area contributed by atoms with Crippen LogP contribution in [0.5, 0.6) is 0 Å². The van der Waals surface area contributed by atoms with E-state index in [0.717, 1.165) is 16.3 Å². The number of sulfone groups is 1. The van der Waals surface area contributed by atoms with Crippen LogP contribution in [0.2, 0.25) is 5.02 Å². The van der Waals surface area contributed by atoms with Crippen molar-refractivity contribution in [3.05, 3.63) is 82.9 Å². The molecule has 1 amide bonds. The zero-order valence-corrected chi connectivity index (χ0v) is 16.8. The van der Waals surface area contributed by atoms with E-state index in [9.17, 15) is 13.2 Å². The van der Waals surface area contributed by atoms with Gasteiger partial charge in [-0.25, -0.2) is 8.42 Å². The highest BCUT2D eigenvalue weighted by atomic mass is 35.5. The number of hydrogen-bond acceptors (Lipinski definition) is 3. The lowest BCUT2D eigenvalue weighted by Crippen LogP contribution is -2.40. The molecule has 1 saturated heterocycles. The maximum Gasteiger partial charge on any atom is 0.255 e. The third kappa shape index (κ3) is 3.91. The topological polar surface area (TPSA) is 54.5 Å². The summed E-state index contributed by atoms with van der Waals surface area (Å²) < 4.78 is 24.1. The number of carbonyl (C=O) groups is 1. The second kappa shape index (κ2) is 7.57. The minimum atomic E-state index is -3.12. The monoisotopic (exact) mass is 413 g/mol. The van der Waals surface area contributed by atoms with E-state index in [2.05, 4.69) is 0 Å². The number of nitrogens with zero attached hydrogens (tertiary/aromatic N) is 1. The predicted octanol–water partition coefficient (Wildman–Crippen LogP) is 4.32. The van der Waals surface area contributed by atoms with Crippen LogP contribution < -0.4 is 0 Å². The van der Waals surface area contributed by atoms with Crippen LogP contribution >= 0.6 is 11.6 Å². The van der Waals surface area contributed by atoms with Gasteiger partial charge in [-0.2, -0.15) is 0 Å². The number of benzene rings is 3. The zero-order valence-electron chi connectivity index (χ0n) is 15.2. The van der Waals surface area contributed by atoms with E-state index in [-0.39, 0.29) is 23.5 Å². The first-order valence-corrected chi connectivity index (χ1v) is 11.4. The molecule has 3 aromatic carbocycles. The van der Waals surface area contributed by atoms with Gasteiger partial charge in [0, 0.05) is 23.2 Å². The number of hydrogen-bond donors (Lipinski definition) is 0. The molecule has 1 fully saturated rings. The molecule has 0 spiro atoms. The van der Waals surface area contributed by atoms with Gasteiger partial charge in [0.1, 0.15) is 0 Å². The quantitative estimate of drug-likeness (QED) is 0.640. The van der Waals surface area contributed by atoms with Gasteiger partial charge in [0.2, 0.25) is 0 Å². The van der Waals surface area contributed by atoms with Crippen molar-refractivity contribution in [3.63, 3.8) is 0 Å². The van der Waals surface area contributed by atoms with Crippen molar-refractivity contribution in [2.24, 2.45) is 0 Å². The fourth-order valence-corrected chi connectivity index (χ4v) is 5.73. The molecule has 0 aromatic heterocycles. The van der Waals surface area contributed by atoms with E-state index in [4.69, 9.17) is 11.6 Å². The van der Waals surface area contributed by atoms with Crippen LogP contribution in [0.1, 0.15) is 22.3 Å². The van der Waals surface area contributed by atoms with Crippen molar-refractivity contribution in [2.75, 3.05) is 11.5 Å². The number of rotatable bonds is 4. The van der Waals surface area contributed by atoms with Gasteiger partial charge in [0.25, 0.3) is 5.91 Å². The Balaban J connectivity index is 1.74. The Bertz CT molecular complexity index is 1140. The maximum absolute atomic E-state index is 13.5. The van der Waals surface area contributed by atoms with Crippen LogP contribution in [0.25, 0.3) is 10.8 Å². The molecule has 0 N–H and O–H groups in total. The van der Waals surface area contributed by atoms with E-state index < -0.39 is 9.84 Å². The highest BCUT2D eigenvalue weighted by molar-refractivity contribution is 7.91. The lowest BCUT2D eigenvalue weighted by molar-refractivity contribution is 0.0683. The van der Waals surface area contributed by atoms with Gasteiger partial charge in [0.15, 0.2) is 9.84 Å². The number of halogens is 1. The van der Waals surface area contributed by atoms with Crippen molar-refractivity contribution < 1.29 is 13.2 Å². The minimum Gasteiger partial charge on any atom is -0.330 e. The summed E-state index contributed by atoms with van der Waals surface area (Å²) in [6.07, 6.45) is 0.458. The average molecular weight is 414 g/mol. The van der Waals surface area contributed by atoms with E-state index in [0.29, 0.717) is 23.6 Å². The Kier molecular flexibility index (Phi) is 5.13. The first-order valence-electron chi connectivity index (χ1n) is 9.16. The molecule has 0 bridgehead atoms. The van der Waals surface area contributed by atoms with E-state index in [1.54, 1.807) is 17.0 Å². The number of amides is 1. The minimum absolute atomic E-state index is 0.00404. The van der Waals surface area contributed by atoms with Gasteiger partial charge in [-0.1, -0.05) is 60.1 Å². The summed E-state index contributed by atoms with van der Waals surface area (Å²) in [6, 6.07) is 20.3. The molecule has 1 heterocycles. The van der Waals surface area contributed by atoms with Gasteiger partial charge in [-0.15, -0.1) is 0 Å². The first-order chi connectivity index (χ1) is 13.4. The molecule has 1 aliphatic rings. The summed E-state index contributed by atoms with van der Waals surface area (Å²) in [6.45, 7) is 0.322. The summed E-state index contributed by atoms with van der Waals surface area (Å²) in [7, 11) is -3.12. The smallest absolute Gasteiger partial charge is 0.255 e. The molecule has 0 aliphatic carbocycles. The molecule has 4 nitrogen and oxygen atoms in total. The zero-order chi connectivity index (χ0) is 19.7. The Morgan fingerprint density at radius 3 is 2.54 bits per heavy atom. The Labute approximate surface area is 169 Å². The third-order valence-electron chi connectivity index (χ3n) is 5.17. The molecule has 6 heteroatoms. The summed E-state index contributed by atoms with van der Waals surface area (Å²) in [4.78, 5) is 15.2. The van der Waals surface area contributed by atoms with Crippen LogP contribution in [0.4, 0.5) is 0 Å². The first kappa shape index (κ1) is 19.0. The standard InChI is InChI=1S/C22H20ClNO3S/c23-18-8-3-5-16(13-18)14-24(19-11-12-28(26,27)15-19)22(25)21-10-4-7-17-6-1-2-9-20(17)21/h1-10,13,19H,11-12,14-15H2. The second-order valence-corrected chi connectivity index (χ2v) is 9.81. The van der Waals surface area contributed by atoms with Crippen LogP contribution in [0.3, 0.4) is 0 Å². The van der Waals surface area contributed by atoms with Crippen molar-refractivity contribution in [1.29, 1.82) is 0 Å². The molecule has 28 heavy (non-hydrogen) atoms. The fourth-order valence-electron chi connectivity index (χ4n) is 3.79. The maximum atomic E-state index is 13.5. The molecular formula is C22H20ClNO3S. The summed E-state index contributed by atoms with van der Waals surface area (Å²) in [5.41, 5.74) is 1.47. The van der Waals surface area contributed by atoms with Crippen molar-refractivity contribution in [3.8, 4) is 0 Å². The van der Waals surface area contributed by atoms with Crippen molar-refractivity contribution >= 4 is 38.1 Å². The Hall–Kier alpha value is -2.37. The normalized spacial score (nSPS) is 18.2. The van der Waals surface area contributed by atoms with Crippen LogP contribution in [-0.2, 0) is 16.4 Å². The Morgan fingerprint density at radius 2 is 1.79 bits per heavy atom. The molecule has 1 aliphatic heterocycles. The molecule has 144 valence electrons. The van der Waals surface area contributed by atoms with Gasteiger partial charge >= 0.3 is 0 Å². The van der Waals surface area contributed by atoms with E-state index >= 15 is 0 Å². The van der Waals surface area contributed by atoms with E-state index in [1.807, 2.05) is 54.6 Å². The predicted molar refractivity (Wildman–Crippen MR) is 112 cm³/mol. The van der Waals surface area contributed by atoms with Crippen LogP contribution in [-0.4, -0.2) is 36.8 Å². The lowest BCUT2D eigenvalue weighted by Gasteiger charge is -2.29. The second-order valence-electron chi connectivity index (χ2n) is 7.15. The highest BCUT2D eigenvalue weighted by Crippen LogP contribution is 2.26. The largest absolute Gasteiger partial charge is 0.330 e. The average Bonchev–Trinajstić information content (AvgIpc) is 3.04. The molecule has 0 radical (unpaired) electrons. The molecule has 4 rings (SSSR count).